The Morgan fingerprint density at radius 2 is 2.09 bits per heavy atom. The normalized spacial score (nSPS) is 11.5. The fourth-order valence-corrected chi connectivity index (χ4v) is 2.55. The van der Waals surface area contributed by atoms with Gasteiger partial charge in [-0.3, -0.25) is 4.90 Å². The monoisotopic (exact) mass is 388 g/mol. The third-order valence-corrected chi connectivity index (χ3v) is 3.70. The molecule has 0 saturated carbocycles. The van der Waals surface area contributed by atoms with Crippen LogP contribution in [-0.2, 0) is 6.54 Å². The molecule has 0 fully saturated rings. The molecule has 0 aliphatic rings. The van der Waals surface area contributed by atoms with Gasteiger partial charge in [0.15, 0.2) is 0 Å². The van der Waals surface area contributed by atoms with Crippen molar-refractivity contribution in [3.8, 4) is 11.4 Å². The summed E-state index contributed by atoms with van der Waals surface area (Å²) < 4.78 is 6.32. The van der Waals surface area contributed by atoms with E-state index in [-0.39, 0.29) is 17.8 Å². The standard InChI is InChI=1S/C15H21BrN4O.ClH/c1-15(2,9-17)10-20(3)8-13-18-14(19-21-13)11-5-4-6-12(16)7-11;/h4-7H,8-10,17H2,1-3H3;1H. The first-order valence-electron chi connectivity index (χ1n) is 6.87. The summed E-state index contributed by atoms with van der Waals surface area (Å²) in [5.41, 5.74) is 6.77. The van der Waals surface area contributed by atoms with E-state index < -0.39 is 0 Å². The van der Waals surface area contributed by atoms with Crippen LogP contribution in [0.15, 0.2) is 33.3 Å². The fraction of sp³-hybridized carbons (Fsp3) is 0.467. The minimum Gasteiger partial charge on any atom is -0.338 e. The van der Waals surface area contributed by atoms with Crippen molar-refractivity contribution in [1.82, 2.24) is 15.0 Å². The van der Waals surface area contributed by atoms with E-state index in [0.717, 1.165) is 16.6 Å². The Kier molecular flexibility index (Phi) is 6.99. The van der Waals surface area contributed by atoms with Gasteiger partial charge >= 0.3 is 0 Å². The maximum atomic E-state index is 5.76. The van der Waals surface area contributed by atoms with Gasteiger partial charge in [-0.05, 0) is 31.1 Å². The summed E-state index contributed by atoms with van der Waals surface area (Å²) in [6, 6.07) is 7.84. The Labute approximate surface area is 145 Å². The van der Waals surface area contributed by atoms with E-state index >= 15 is 0 Å². The number of nitrogens with zero attached hydrogens (tertiary/aromatic N) is 3. The first-order valence-corrected chi connectivity index (χ1v) is 7.66. The zero-order valence-corrected chi connectivity index (χ0v) is 15.4. The van der Waals surface area contributed by atoms with Crippen LogP contribution in [0, 0.1) is 5.41 Å². The molecule has 7 heteroatoms. The van der Waals surface area contributed by atoms with E-state index in [1.807, 2.05) is 31.3 Å². The highest BCUT2D eigenvalue weighted by Crippen LogP contribution is 2.21. The Morgan fingerprint density at radius 3 is 2.73 bits per heavy atom. The molecule has 0 aliphatic heterocycles. The highest BCUT2D eigenvalue weighted by molar-refractivity contribution is 9.10. The van der Waals surface area contributed by atoms with Gasteiger partial charge in [0, 0.05) is 16.6 Å². The Balaban J connectivity index is 0.00000242. The summed E-state index contributed by atoms with van der Waals surface area (Å²) in [7, 11) is 2.03. The van der Waals surface area contributed by atoms with Crippen molar-refractivity contribution in [3.05, 3.63) is 34.6 Å². The molecule has 0 amide bonds. The van der Waals surface area contributed by atoms with Crippen molar-refractivity contribution in [3.63, 3.8) is 0 Å². The predicted octanol–water partition coefficient (Wildman–Crippen LogP) is 3.34. The van der Waals surface area contributed by atoms with Gasteiger partial charge in [-0.1, -0.05) is 47.1 Å². The smallest absolute Gasteiger partial charge is 0.241 e. The highest BCUT2D eigenvalue weighted by atomic mass is 79.9. The van der Waals surface area contributed by atoms with Gasteiger partial charge < -0.3 is 10.3 Å². The Hall–Kier alpha value is -0.950. The van der Waals surface area contributed by atoms with Gasteiger partial charge in [0.2, 0.25) is 11.7 Å². The lowest BCUT2D eigenvalue weighted by Gasteiger charge is -2.27. The van der Waals surface area contributed by atoms with Gasteiger partial charge in [-0.25, -0.2) is 0 Å². The third kappa shape index (κ3) is 5.35. The minimum absolute atomic E-state index is 0. The number of aromatic nitrogens is 2. The van der Waals surface area contributed by atoms with Crippen LogP contribution in [-0.4, -0.2) is 35.2 Å². The molecule has 2 aromatic rings. The molecule has 1 heterocycles. The van der Waals surface area contributed by atoms with Crippen LogP contribution in [0.2, 0.25) is 0 Å². The van der Waals surface area contributed by atoms with E-state index in [0.29, 0.717) is 24.8 Å². The van der Waals surface area contributed by atoms with Crippen LogP contribution >= 0.6 is 28.3 Å². The fourth-order valence-electron chi connectivity index (χ4n) is 2.15. The number of benzene rings is 1. The van der Waals surface area contributed by atoms with Crippen molar-refractivity contribution in [1.29, 1.82) is 0 Å². The van der Waals surface area contributed by atoms with Crippen molar-refractivity contribution < 1.29 is 4.52 Å². The summed E-state index contributed by atoms with van der Waals surface area (Å²) in [6.07, 6.45) is 0. The van der Waals surface area contributed by atoms with E-state index in [1.165, 1.54) is 0 Å². The van der Waals surface area contributed by atoms with Crippen LogP contribution in [0.5, 0.6) is 0 Å². The Bertz CT molecular complexity index is 603. The summed E-state index contributed by atoms with van der Waals surface area (Å²) in [4.78, 5) is 6.59. The largest absolute Gasteiger partial charge is 0.338 e. The van der Waals surface area contributed by atoms with Crippen LogP contribution in [0.3, 0.4) is 0 Å². The molecule has 22 heavy (non-hydrogen) atoms. The molecule has 0 aliphatic carbocycles. The van der Waals surface area contributed by atoms with Crippen molar-refractivity contribution in [2.75, 3.05) is 20.1 Å². The lowest BCUT2D eigenvalue weighted by molar-refractivity contribution is 0.189. The second-order valence-corrected chi connectivity index (χ2v) is 6.98. The summed E-state index contributed by atoms with van der Waals surface area (Å²) in [6.45, 7) is 6.42. The molecule has 0 bridgehead atoms. The van der Waals surface area contributed by atoms with E-state index in [2.05, 4.69) is 44.8 Å². The van der Waals surface area contributed by atoms with Gasteiger partial charge in [0.25, 0.3) is 0 Å². The van der Waals surface area contributed by atoms with Gasteiger partial charge in [0.05, 0.1) is 6.54 Å². The molecular formula is C15H22BrClN4O. The second kappa shape index (κ2) is 8.06. The molecule has 2 N–H and O–H groups in total. The third-order valence-electron chi connectivity index (χ3n) is 3.21. The zero-order valence-electron chi connectivity index (χ0n) is 13.0. The molecule has 0 saturated heterocycles. The Morgan fingerprint density at radius 1 is 1.36 bits per heavy atom. The second-order valence-electron chi connectivity index (χ2n) is 6.06. The molecule has 0 unspecified atom stereocenters. The molecule has 0 spiro atoms. The number of halogens is 2. The molecule has 5 nitrogen and oxygen atoms in total. The number of rotatable bonds is 6. The van der Waals surface area contributed by atoms with Gasteiger partial charge in [-0.15, -0.1) is 12.4 Å². The average molecular weight is 390 g/mol. The van der Waals surface area contributed by atoms with Crippen LogP contribution in [0.4, 0.5) is 0 Å². The maximum Gasteiger partial charge on any atom is 0.241 e. The summed E-state index contributed by atoms with van der Waals surface area (Å²) >= 11 is 3.44. The van der Waals surface area contributed by atoms with E-state index in [1.54, 1.807) is 0 Å². The molecule has 0 radical (unpaired) electrons. The summed E-state index contributed by atoms with van der Waals surface area (Å²) in [5, 5.41) is 4.04. The molecule has 0 atom stereocenters. The van der Waals surface area contributed by atoms with Crippen LogP contribution in [0.1, 0.15) is 19.7 Å². The van der Waals surface area contributed by atoms with Crippen LogP contribution in [0.25, 0.3) is 11.4 Å². The molecule has 1 aromatic heterocycles. The predicted molar refractivity (Wildman–Crippen MR) is 93.9 cm³/mol. The zero-order chi connectivity index (χ0) is 15.5. The SMILES string of the molecule is CN(Cc1nc(-c2cccc(Br)c2)no1)CC(C)(C)CN.Cl. The first kappa shape index (κ1) is 19.1. The van der Waals surface area contributed by atoms with Crippen molar-refractivity contribution in [2.24, 2.45) is 11.1 Å². The lowest BCUT2D eigenvalue weighted by atomic mass is 9.93. The highest BCUT2D eigenvalue weighted by Gasteiger charge is 2.19. The lowest BCUT2D eigenvalue weighted by Crippen LogP contribution is -2.36. The summed E-state index contributed by atoms with van der Waals surface area (Å²) in [5.74, 6) is 1.22. The first-order chi connectivity index (χ1) is 9.89. The van der Waals surface area contributed by atoms with Gasteiger partial charge in [0.1, 0.15) is 0 Å². The van der Waals surface area contributed by atoms with Crippen molar-refractivity contribution >= 4 is 28.3 Å². The topological polar surface area (TPSA) is 68.2 Å². The van der Waals surface area contributed by atoms with Gasteiger partial charge in [-0.2, -0.15) is 4.98 Å². The van der Waals surface area contributed by atoms with E-state index in [4.69, 9.17) is 10.3 Å². The number of nitrogens with two attached hydrogens (primary N) is 1. The molecular weight excluding hydrogens is 368 g/mol. The molecule has 122 valence electrons. The average Bonchev–Trinajstić information content (AvgIpc) is 2.86. The maximum absolute atomic E-state index is 5.76. The molecule has 2 rings (SSSR count). The molecule has 1 aromatic carbocycles. The minimum atomic E-state index is 0. The van der Waals surface area contributed by atoms with Crippen LogP contribution < -0.4 is 5.73 Å². The number of hydrogen-bond donors (Lipinski definition) is 1. The van der Waals surface area contributed by atoms with E-state index in [9.17, 15) is 0 Å². The quantitative estimate of drug-likeness (QED) is 0.820. The van der Waals surface area contributed by atoms with Crippen molar-refractivity contribution in [2.45, 2.75) is 20.4 Å². The number of hydrogen-bond acceptors (Lipinski definition) is 5.